The standard InChI is InChI=1S/C13H11BF4O/c1-19-10-5-4-9(16)11(12(10)17)14-13(18)6-2-3-8(15)7-13/h2-6,14H,7H2,1H3. The maximum Gasteiger partial charge on any atom is 0.217 e. The lowest BCUT2D eigenvalue weighted by molar-refractivity contribution is 0.315. The average molecular weight is 270 g/mol. The van der Waals surface area contributed by atoms with Crippen molar-refractivity contribution in [1.82, 2.24) is 0 Å². The van der Waals surface area contributed by atoms with Crippen LogP contribution >= 0.6 is 0 Å². The van der Waals surface area contributed by atoms with Crippen molar-refractivity contribution in [2.45, 2.75) is 12.0 Å². The Morgan fingerprint density at radius 1 is 1.26 bits per heavy atom. The first-order valence-electron chi connectivity index (χ1n) is 5.69. The molecule has 1 aliphatic rings. The summed E-state index contributed by atoms with van der Waals surface area (Å²) in [5.41, 5.74) is -2.58. The van der Waals surface area contributed by atoms with E-state index in [1.165, 1.54) is 13.2 Å². The van der Waals surface area contributed by atoms with Crippen molar-refractivity contribution in [3.05, 3.63) is 47.8 Å². The molecular weight excluding hydrogens is 259 g/mol. The van der Waals surface area contributed by atoms with Gasteiger partial charge in [0.2, 0.25) is 7.28 Å². The van der Waals surface area contributed by atoms with Crippen LogP contribution in [0.25, 0.3) is 0 Å². The summed E-state index contributed by atoms with van der Waals surface area (Å²) in [6, 6.07) is 2.12. The molecule has 0 fully saturated rings. The predicted octanol–water partition coefficient (Wildman–Crippen LogP) is 2.51. The first-order chi connectivity index (χ1) is 8.95. The number of hydrogen-bond donors (Lipinski definition) is 0. The van der Waals surface area contributed by atoms with Gasteiger partial charge < -0.3 is 4.74 Å². The van der Waals surface area contributed by atoms with Crippen LogP contribution in [-0.2, 0) is 0 Å². The molecule has 1 unspecified atom stereocenters. The van der Waals surface area contributed by atoms with Crippen LogP contribution in [0.5, 0.6) is 5.75 Å². The minimum Gasteiger partial charge on any atom is -0.494 e. The van der Waals surface area contributed by atoms with Gasteiger partial charge in [0.15, 0.2) is 11.6 Å². The minimum absolute atomic E-state index is 0.171. The Morgan fingerprint density at radius 2 is 2.00 bits per heavy atom. The smallest absolute Gasteiger partial charge is 0.217 e. The first kappa shape index (κ1) is 13.7. The van der Waals surface area contributed by atoms with Gasteiger partial charge in [-0.1, -0.05) is 12.2 Å². The van der Waals surface area contributed by atoms with Crippen molar-refractivity contribution in [1.29, 1.82) is 0 Å². The molecule has 0 heterocycles. The molecule has 100 valence electrons. The van der Waals surface area contributed by atoms with Gasteiger partial charge in [-0.3, -0.25) is 0 Å². The molecule has 2 rings (SSSR count). The highest BCUT2D eigenvalue weighted by molar-refractivity contribution is 6.57. The van der Waals surface area contributed by atoms with Crippen LogP contribution in [0, 0.1) is 11.6 Å². The second-order valence-electron chi connectivity index (χ2n) is 4.40. The summed E-state index contributed by atoms with van der Waals surface area (Å²) in [6.07, 6.45) is 2.90. The van der Waals surface area contributed by atoms with Crippen LogP contribution in [0.1, 0.15) is 6.42 Å². The maximum absolute atomic E-state index is 14.4. The lowest BCUT2D eigenvalue weighted by Crippen LogP contribution is -2.41. The first-order valence-corrected chi connectivity index (χ1v) is 5.69. The van der Waals surface area contributed by atoms with Gasteiger partial charge in [-0.05, 0) is 23.7 Å². The molecule has 0 radical (unpaired) electrons. The third-order valence-corrected chi connectivity index (χ3v) is 2.98. The highest BCUT2D eigenvalue weighted by atomic mass is 19.2. The molecule has 0 aromatic heterocycles. The van der Waals surface area contributed by atoms with Gasteiger partial charge in [-0.25, -0.2) is 17.6 Å². The number of benzene rings is 1. The number of alkyl halides is 1. The van der Waals surface area contributed by atoms with E-state index in [9.17, 15) is 17.6 Å². The van der Waals surface area contributed by atoms with E-state index in [4.69, 9.17) is 4.74 Å². The molecule has 0 spiro atoms. The Kier molecular flexibility index (Phi) is 3.69. The van der Waals surface area contributed by atoms with E-state index in [0.717, 1.165) is 24.3 Å². The molecule has 19 heavy (non-hydrogen) atoms. The molecular formula is C13H11BF4O. The summed E-state index contributed by atoms with van der Waals surface area (Å²) in [7, 11) is 0.647. The number of ether oxygens (including phenoxy) is 1. The molecule has 1 atom stereocenters. The fourth-order valence-electron chi connectivity index (χ4n) is 2.03. The van der Waals surface area contributed by atoms with Crippen molar-refractivity contribution < 1.29 is 22.3 Å². The Morgan fingerprint density at radius 3 is 2.63 bits per heavy atom. The zero-order valence-corrected chi connectivity index (χ0v) is 10.2. The fourth-order valence-corrected chi connectivity index (χ4v) is 2.03. The van der Waals surface area contributed by atoms with Gasteiger partial charge in [0.05, 0.1) is 7.11 Å². The second kappa shape index (κ2) is 5.11. The summed E-state index contributed by atoms with van der Waals surface area (Å²) in [5, 5.41) is 0. The van der Waals surface area contributed by atoms with E-state index in [-0.39, 0.29) is 5.75 Å². The van der Waals surface area contributed by atoms with Crippen molar-refractivity contribution in [3.63, 3.8) is 0 Å². The monoisotopic (exact) mass is 270 g/mol. The van der Waals surface area contributed by atoms with Crippen LogP contribution in [-0.4, -0.2) is 20.0 Å². The lowest BCUT2D eigenvalue weighted by Gasteiger charge is -2.23. The molecule has 0 amide bonds. The zero-order valence-electron chi connectivity index (χ0n) is 10.2. The summed E-state index contributed by atoms with van der Waals surface area (Å²) < 4.78 is 59.7. The Labute approximate surface area is 108 Å². The van der Waals surface area contributed by atoms with Crippen molar-refractivity contribution in [3.8, 4) is 5.75 Å². The number of allylic oxidation sites excluding steroid dienone is 4. The molecule has 6 heteroatoms. The van der Waals surface area contributed by atoms with E-state index in [2.05, 4.69) is 0 Å². The van der Waals surface area contributed by atoms with E-state index in [1.807, 2.05) is 0 Å². The lowest BCUT2D eigenvalue weighted by atomic mass is 9.54. The maximum atomic E-state index is 14.4. The molecule has 0 saturated heterocycles. The summed E-state index contributed by atoms with van der Waals surface area (Å²) >= 11 is 0. The quantitative estimate of drug-likeness (QED) is 0.605. The van der Waals surface area contributed by atoms with Gasteiger partial charge in [-0.15, -0.1) is 0 Å². The van der Waals surface area contributed by atoms with Crippen molar-refractivity contribution in [2.24, 2.45) is 0 Å². The molecule has 1 nitrogen and oxygen atoms in total. The van der Waals surface area contributed by atoms with E-state index >= 15 is 0 Å². The second-order valence-corrected chi connectivity index (χ2v) is 4.40. The normalized spacial score (nSPS) is 22.1. The van der Waals surface area contributed by atoms with Gasteiger partial charge >= 0.3 is 0 Å². The predicted molar refractivity (Wildman–Crippen MR) is 66.5 cm³/mol. The number of rotatable bonds is 3. The van der Waals surface area contributed by atoms with E-state index in [0.29, 0.717) is 0 Å². The van der Waals surface area contributed by atoms with Crippen LogP contribution in [0.2, 0.25) is 0 Å². The molecule has 0 bridgehead atoms. The SMILES string of the molecule is COc1ccc(F)c(BC2(F)C=CC=C(F)C2)c1F. The van der Waals surface area contributed by atoms with Crippen LogP contribution < -0.4 is 10.2 Å². The van der Waals surface area contributed by atoms with Gasteiger partial charge in [0, 0.05) is 6.42 Å². The summed E-state index contributed by atoms with van der Waals surface area (Å²) in [6.45, 7) is 0. The van der Waals surface area contributed by atoms with Crippen molar-refractivity contribution in [2.75, 3.05) is 7.11 Å². The summed E-state index contributed by atoms with van der Waals surface area (Å²) in [5.74, 6) is -2.66. The topological polar surface area (TPSA) is 9.23 Å². The minimum atomic E-state index is -2.13. The molecule has 0 aliphatic heterocycles. The van der Waals surface area contributed by atoms with Crippen LogP contribution in [0.15, 0.2) is 36.2 Å². The highest BCUT2D eigenvalue weighted by Crippen LogP contribution is 2.27. The number of hydrogen-bond acceptors (Lipinski definition) is 1. The average Bonchev–Trinajstić information content (AvgIpc) is 2.34. The molecule has 1 aromatic carbocycles. The van der Waals surface area contributed by atoms with Gasteiger partial charge in [0.1, 0.15) is 17.2 Å². The van der Waals surface area contributed by atoms with Crippen molar-refractivity contribution >= 4 is 12.7 Å². The van der Waals surface area contributed by atoms with Gasteiger partial charge in [0.25, 0.3) is 0 Å². The Hall–Kier alpha value is -1.72. The third kappa shape index (κ3) is 2.83. The Bertz CT molecular complexity index is 556. The molecule has 1 aromatic rings. The van der Waals surface area contributed by atoms with Crippen LogP contribution in [0.4, 0.5) is 17.6 Å². The molecule has 0 N–H and O–H groups in total. The highest BCUT2D eigenvalue weighted by Gasteiger charge is 2.34. The summed E-state index contributed by atoms with van der Waals surface area (Å²) in [4.78, 5) is 0. The van der Waals surface area contributed by atoms with E-state index in [1.54, 1.807) is 0 Å². The molecule has 0 saturated carbocycles. The van der Waals surface area contributed by atoms with E-state index < -0.39 is 42.2 Å². The van der Waals surface area contributed by atoms with Gasteiger partial charge in [-0.2, -0.15) is 0 Å². The zero-order chi connectivity index (χ0) is 14.0. The third-order valence-electron chi connectivity index (χ3n) is 2.98. The largest absolute Gasteiger partial charge is 0.494 e. The number of methoxy groups -OCH3 is 1. The number of halogens is 4. The van der Waals surface area contributed by atoms with Crippen LogP contribution in [0.3, 0.4) is 0 Å². The molecule has 1 aliphatic carbocycles. The Balaban J connectivity index is 2.34. The fraction of sp³-hybridized carbons (Fsp3) is 0.231.